The van der Waals surface area contributed by atoms with Crippen molar-refractivity contribution < 1.29 is 13.6 Å². The van der Waals surface area contributed by atoms with Crippen LogP contribution in [0, 0.1) is 17.3 Å². The Morgan fingerprint density at radius 1 is 1.10 bits per heavy atom. The van der Waals surface area contributed by atoms with Crippen LogP contribution in [0.15, 0.2) is 54.7 Å². The van der Waals surface area contributed by atoms with E-state index >= 15 is 0 Å². The largest absolute Gasteiger partial charge is 0.311 e. The molecule has 3 aromatic rings. The number of carbonyl (C=O) groups excluding carboxylic acids is 1. The van der Waals surface area contributed by atoms with Gasteiger partial charge >= 0.3 is 0 Å². The predicted octanol–water partition coefficient (Wildman–Crippen LogP) is 5.69. The van der Waals surface area contributed by atoms with E-state index in [1.165, 1.54) is 4.90 Å². The van der Waals surface area contributed by atoms with Crippen LogP contribution in [0.25, 0.3) is 11.1 Å². The number of amides is 1. The third-order valence-electron chi connectivity index (χ3n) is 4.47. The second kappa shape index (κ2) is 8.50. The van der Waals surface area contributed by atoms with E-state index in [4.69, 9.17) is 0 Å². The van der Waals surface area contributed by atoms with E-state index in [0.717, 1.165) is 22.9 Å². The summed E-state index contributed by atoms with van der Waals surface area (Å²) in [7, 11) is 1.56. The molecule has 0 saturated carbocycles. The third-order valence-corrected chi connectivity index (χ3v) is 4.47. The van der Waals surface area contributed by atoms with E-state index in [1.54, 1.807) is 19.2 Å². The monoisotopic (exact) mass is 407 g/mol. The molecule has 3 rings (SSSR count). The maximum absolute atomic E-state index is 13.2. The molecule has 30 heavy (non-hydrogen) atoms. The molecule has 0 bridgehead atoms. The first kappa shape index (κ1) is 21.3. The third kappa shape index (κ3) is 4.74. The molecule has 2 aromatic carbocycles. The van der Waals surface area contributed by atoms with Gasteiger partial charge < -0.3 is 4.90 Å². The molecule has 1 amide bonds. The summed E-state index contributed by atoms with van der Waals surface area (Å²) in [6, 6.07) is 15.1. The molecule has 0 unspecified atom stereocenters. The van der Waals surface area contributed by atoms with Gasteiger partial charge in [-0.1, -0.05) is 42.2 Å². The molecule has 0 atom stereocenters. The number of para-hydroxylation sites is 1. The molecular formula is C24H23F2N3O. The highest BCUT2D eigenvalue weighted by molar-refractivity contribution is 6.08. The maximum atomic E-state index is 13.2. The topological polar surface area (TPSA) is 49.0 Å². The summed E-state index contributed by atoms with van der Waals surface area (Å²) < 4.78 is 26.3. The van der Waals surface area contributed by atoms with Gasteiger partial charge in [-0.15, -0.1) is 0 Å². The lowest BCUT2D eigenvalue weighted by atomic mass is 9.97. The van der Waals surface area contributed by atoms with Gasteiger partial charge in [0.25, 0.3) is 12.3 Å². The zero-order valence-corrected chi connectivity index (χ0v) is 17.3. The lowest BCUT2D eigenvalue weighted by molar-refractivity contribution is 0.0978. The molecule has 0 aliphatic heterocycles. The van der Waals surface area contributed by atoms with Gasteiger partial charge in [0, 0.05) is 23.6 Å². The van der Waals surface area contributed by atoms with Gasteiger partial charge in [0.05, 0.1) is 17.4 Å². The summed E-state index contributed by atoms with van der Waals surface area (Å²) in [6.45, 7) is 6.16. The standard InChI is InChI=1S/C24H23F2N3O/c1-24(2,3)14-13-16-9-11-17(12-10-16)18-7-5-6-8-20(18)29(4)23(30)19-15-27-28-21(19)22(25)26/h5-12,15,22H,1-4H3,(H,27,28). The Balaban J connectivity index is 1.93. The summed E-state index contributed by atoms with van der Waals surface area (Å²) in [5, 5.41) is 5.81. The normalized spacial score (nSPS) is 11.2. The lowest BCUT2D eigenvalue weighted by Crippen LogP contribution is -2.27. The molecule has 4 nitrogen and oxygen atoms in total. The number of hydrogen-bond donors (Lipinski definition) is 1. The average Bonchev–Trinajstić information content (AvgIpc) is 3.21. The number of aromatic nitrogens is 2. The van der Waals surface area contributed by atoms with Crippen LogP contribution in [0.3, 0.4) is 0 Å². The number of H-pyrrole nitrogens is 1. The number of halogens is 2. The van der Waals surface area contributed by atoms with Crippen LogP contribution < -0.4 is 4.90 Å². The zero-order chi connectivity index (χ0) is 21.9. The number of nitrogens with zero attached hydrogens (tertiary/aromatic N) is 2. The summed E-state index contributed by atoms with van der Waals surface area (Å²) in [5.41, 5.74) is 2.51. The first-order valence-corrected chi connectivity index (χ1v) is 9.49. The van der Waals surface area contributed by atoms with Crippen LogP contribution in [-0.2, 0) is 0 Å². The minimum absolute atomic E-state index is 0.0848. The number of carbonyl (C=O) groups is 1. The van der Waals surface area contributed by atoms with Crippen molar-refractivity contribution in [3.05, 3.63) is 71.5 Å². The minimum Gasteiger partial charge on any atom is -0.311 e. The number of nitrogens with one attached hydrogen (secondary N) is 1. The van der Waals surface area contributed by atoms with Gasteiger partial charge in [0.15, 0.2) is 0 Å². The molecule has 0 saturated heterocycles. The fourth-order valence-electron chi connectivity index (χ4n) is 2.93. The van der Waals surface area contributed by atoms with Gasteiger partial charge in [-0.3, -0.25) is 9.89 Å². The minimum atomic E-state index is -2.81. The number of hydrogen-bond acceptors (Lipinski definition) is 2. The van der Waals surface area contributed by atoms with E-state index in [0.29, 0.717) is 5.69 Å². The van der Waals surface area contributed by atoms with Crippen molar-refractivity contribution in [1.82, 2.24) is 10.2 Å². The summed E-state index contributed by atoms with van der Waals surface area (Å²) in [5.74, 6) is 5.80. The van der Waals surface area contributed by atoms with Crippen LogP contribution in [-0.4, -0.2) is 23.2 Å². The van der Waals surface area contributed by atoms with Crippen molar-refractivity contribution >= 4 is 11.6 Å². The molecule has 154 valence electrons. The second-order valence-corrected chi connectivity index (χ2v) is 7.96. The van der Waals surface area contributed by atoms with Crippen molar-refractivity contribution in [2.24, 2.45) is 5.41 Å². The quantitative estimate of drug-likeness (QED) is 0.565. The fraction of sp³-hybridized carbons (Fsp3) is 0.250. The SMILES string of the molecule is CN(C(=O)c1cn[nH]c1C(F)F)c1ccccc1-c1ccc(C#CC(C)(C)C)cc1. The molecule has 6 heteroatoms. The van der Waals surface area contributed by atoms with Crippen molar-refractivity contribution in [2.45, 2.75) is 27.2 Å². The molecule has 1 N–H and O–H groups in total. The maximum Gasteiger partial charge on any atom is 0.280 e. The zero-order valence-electron chi connectivity index (χ0n) is 17.3. The second-order valence-electron chi connectivity index (χ2n) is 7.96. The van der Waals surface area contributed by atoms with Gasteiger partial charge in [0.2, 0.25) is 0 Å². The summed E-state index contributed by atoms with van der Waals surface area (Å²) in [6.07, 6.45) is -1.68. The van der Waals surface area contributed by atoms with Gasteiger partial charge in [-0.2, -0.15) is 5.10 Å². The highest BCUT2D eigenvalue weighted by atomic mass is 19.3. The average molecular weight is 407 g/mol. The van der Waals surface area contributed by atoms with Crippen molar-refractivity contribution in [3.63, 3.8) is 0 Å². The number of benzene rings is 2. The molecule has 0 aliphatic carbocycles. The van der Waals surface area contributed by atoms with Crippen LogP contribution in [0.4, 0.5) is 14.5 Å². The fourth-order valence-corrected chi connectivity index (χ4v) is 2.93. The van der Waals surface area contributed by atoms with Crippen molar-refractivity contribution in [3.8, 4) is 23.0 Å². The molecular weight excluding hydrogens is 384 g/mol. The first-order valence-electron chi connectivity index (χ1n) is 9.49. The highest BCUT2D eigenvalue weighted by Crippen LogP contribution is 2.32. The Hall–Kier alpha value is -3.46. The van der Waals surface area contributed by atoms with E-state index in [2.05, 4.69) is 42.8 Å². The van der Waals surface area contributed by atoms with Crippen LogP contribution in [0.1, 0.15) is 48.8 Å². The molecule has 1 heterocycles. The van der Waals surface area contributed by atoms with Crippen LogP contribution >= 0.6 is 0 Å². The molecule has 0 radical (unpaired) electrons. The van der Waals surface area contributed by atoms with Crippen LogP contribution in [0.5, 0.6) is 0 Å². The number of aromatic amines is 1. The first-order chi connectivity index (χ1) is 14.2. The van der Waals surface area contributed by atoms with E-state index in [1.807, 2.05) is 36.4 Å². The van der Waals surface area contributed by atoms with Crippen LogP contribution in [0.2, 0.25) is 0 Å². The smallest absolute Gasteiger partial charge is 0.280 e. The Morgan fingerprint density at radius 2 is 1.77 bits per heavy atom. The summed E-state index contributed by atoms with van der Waals surface area (Å²) >= 11 is 0. The molecule has 1 aromatic heterocycles. The molecule has 0 fully saturated rings. The number of rotatable bonds is 4. The van der Waals surface area contributed by atoms with E-state index in [9.17, 15) is 13.6 Å². The Kier molecular flexibility index (Phi) is 6.02. The van der Waals surface area contributed by atoms with Gasteiger partial charge in [-0.05, 0) is 44.5 Å². The Bertz CT molecular complexity index is 1100. The Morgan fingerprint density at radius 3 is 2.40 bits per heavy atom. The van der Waals surface area contributed by atoms with Crippen molar-refractivity contribution in [1.29, 1.82) is 0 Å². The summed E-state index contributed by atoms with van der Waals surface area (Å²) in [4.78, 5) is 14.2. The number of anilines is 1. The predicted molar refractivity (Wildman–Crippen MR) is 114 cm³/mol. The highest BCUT2D eigenvalue weighted by Gasteiger charge is 2.25. The molecule has 0 spiro atoms. The molecule has 0 aliphatic rings. The van der Waals surface area contributed by atoms with Crippen molar-refractivity contribution in [2.75, 3.05) is 11.9 Å². The van der Waals surface area contributed by atoms with Gasteiger partial charge in [0.1, 0.15) is 5.69 Å². The van der Waals surface area contributed by atoms with E-state index < -0.39 is 18.0 Å². The number of alkyl halides is 2. The Labute approximate surface area is 174 Å². The van der Waals surface area contributed by atoms with E-state index in [-0.39, 0.29) is 11.0 Å². The lowest BCUT2D eigenvalue weighted by Gasteiger charge is -2.21. The van der Waals surface area contributed by atoms with Gasteiger partial charge in [-0.25, -0.2) is 8.78 Å².